The second-order valence-corrected chi connectivity index (χ2v) is 7.02. The van der Waals surface area contributed by atoms with Crippen LogP contribution in [0.2, 0.25) is 0 Å². The summed E-state index contributed by atoms with van der Waals surface area (Å²) in [4.78, 5) is 7.47. The summed E-state index contributed by atoms with van der Waals surface area (Å²) in [5.74, 6) is 1.75. The van der Waals surface area contributed by atoms with E-state index in [0.29, 0.717) is 18.0 Å². The molecule has 1 aliphatic heterocycles. The Kier molecular flexibility index (Phi) is 5.44. The molecule has 1 N–H and O–H groups in total. The summed E-state index contributed by atoms with van der Waals surface area (Å²) in [6, 6.07) is 1.18. The molecule has 1 aromatic rings. The molecule has 0 fully saturated rings. The van der Waals surface area contributed by atoms with Crippen molar-refractivity contribution in [2.45, 2.75) is 79.1 Å². The predicted octanol–water partition coefficient (Wildman–Crippen LogP) is 2.77. The van der Waals surface area contributed by atoms with Gasteiger partial charge in [-0.05, 0) is 27.7 Å². The van der Waals surface area contributed by atoms with Gasteiger partial charge in [0.25, 0.3) is 0 Å². The van der Waals surface area contributed by atoms with Gasteiger partial charge >= 0.3 is 0 Å². The highest BCUT2D eigenvalue weighted by atomic mass is 15.2. The maximum Gasteiger partial charge on any atom is 0.111 e. The van der Waals surface area contributed by atoms with Gasteiger partial charge in [0.2, 0.25) is 0 Å². The number of aromatic nitrogens is 2. The number of rotatable bonds is 6. The molecular weight excluding hydrogens is 260 g/mol. The van der Waals surface area contributed by atoms with Crippen molar-refractivity contribution in [1.82, 2.24) is 19.8 Å². The minimum absolute atomic E-state index is 0.488. The van der Waals surface area contributed by atoms with Crippen LogP contribution >= 0.6 is 0 Å². The Bertz CT molecular complexity index is 452. The summed E-state index contributed by atoms with van der Waals surface area (Å²) >= 11 is 0. The highest BCUT2D eigenvalue weighted by Gasteiger charge is 2.22. The molecule has 4 heteroatoms. The Hall–Kier alpha value is -0.870. The molecule has 0 radical (unpaired) electrons. The van der Waals surface area contributed by atoms with E-state index in [4.69, 9.17) is 4.98 Å². The zero-order valence-electron chi connectivity index (χ0n) is 14.6. The van der Waals surface area contributed by atoms with Crippen LogP contribution in [-0.4, -0.2) is 39.6 Å². The second-order valence-electron chi connectivity index (χ2n) is 7.02. The van der Waals surface area contributed by atoms with Crippen LogP contribution < -0.4 is 5.32 Å². The molecule has 0 unspecified atom stereocenters. The molecule has 1 aromatic heterocycles. The minimum atomic E-state index is 0.488. The first-order chi connectivity index (χ1) is 9.91. The minimum Gasteiger partial charge on any atom is -0.330 e. The Balaban J connectivity index is 2.20. The molecule has 21 heavy (non-hydrogen) atoms. The fraction of sp³-hybridized carbons (Fsp3) is 0.824. The molecule has 0 spiro atoms. The van der Waals surface area contributed by atoms with Crippen LogP contribution in [0, 0.1) is 0 Å². The summed E-state index contributed by atoms with van der Waals surface area (Å²) in [6.45, 7) is 17.8. The van der Waals surface area contributed by atoms with Gasteiger partial charge in [0.05, 0.1) is 5.69 Å². The van der Waals surface area contributed by atoms with E-state index in [1.54, 1.807) is 0 Å². The molecule has 2 rings (SSSR count). The van der Waals surface area contributed by atoms with Crippen molar-refractivity contribution in [2.24, 2.45) is 0 Å². The van der Waals surface area contributed by atoms with E-state index in [1.807, 2.05) is 0 Å². The van der Waals surface area contributed by atoms with Gasteiger partial charge in [0, 0.05) is 56.3 Å². The largest absolute Gasteiger partial charge is 0.330 e. The third kappa shape index (κ3) is 3.67. The lowest BCUT2D eigenvalue weighted by atomic mass is 10.1. The van der Waals surface area contributed by atoms with Crippen LogP contribution in [0.4, 0.5) is 0 Å². The maximum absolute atomic E-state index is 4.90. The lowest BCUT2D eigenvalue weighted by Crippen LogP contribution is -2.39. The van der Waals surface area contributed by atoms with Crippen molar-refractivity contribution in [3.8, 4) is 0 Å². The van der Waals surface area contributed by atoms with Crippen molar-refractivity contribution in [1.29, 1.82) is 0 Å². The Morgan fingerprint density at radius 3 is 2.38 bits per heavy atom. The fourth-order valence-electron chi connectivity index (χ4n) is 3.41. The summed E-state index contributed by atoms with van der Waals surface area (Å²) in [5, 5.41) is 3.44. The van der Waals surface area contributed by atoms with Gasteiger partial charge in [-0.3, -0.25) is 4.90 Å². The topological polar surface area (TPSA) is 33.1 Å². The van der Waals surface area contributed by atoms with Gasteiger partial charge < -0.3 is 9.88 Å². The molecule has 1 aliphatic rings. The number of hydrogen-bond donors (Lipinski definition) is 1. The van der Waals surface area contributed by atoms with E-state index in [9.17, 15) is 0 Å². The van der Waals surface area contributed by atoms with Crippen molar-refractivity contribution in [3.63, 3.8) is 0 Å². The molecule has 120 valence electrons. The second kappa shape index (κ2) is 6.93. The third-order valence-corrected chi connectivity index (χ3v) is 4.44. The van der Waals surface area contributed by atoms with Crippen LogP contribution in [0.1, 0.15) is 64.7 Å². The van der Waals surface area contributed by atoms with Crippen LogP contribution in [-0.2, 0) is 19.5 Å². The highest BCUT2D eigenvalue weighted by Crippen LogP contribution is 2.22. The number of fused-ring (bicyclic) bond motifs is 1. The Labute approximate surface area is 129 Å². The van der Waals surface area contributed by atoms with Gasteiger partial charge in [-0.2, -0.15) is 0 Å². The third-order valence-electron chi connectivity index (χ3n) is 4.44. The smallest absolute Gasteiger partial charge is 0.111 e. The number of nitrogens with one attached hydrogen (secondary N) is 1. The van der Waals surface area contributed by atoms with Gasteiger partial charge in [0.15, 0.2) is 0 Å². The lowest BCUT2D eigenvalue weighted by Gasteiger charge is -2.31. The standard InChI is InChI=1S/C17H32N4/c1-12(2)17-19-15-11-18-8-7-16(15)21(17)10-9-20(13(3)4)14(5)6/h12-14,18H,7-11H2,1-6H3. The van der Waals surface area contributed by atoms with E-state index in [2.05, 4.69) is 56.3 Å². The Morgan fingerprint density at radius 2 is 1.81 bits per heavy atom. The van der Waals surface area contributed by atoms with Gasteiger partial charge in [-0.15, -0.1) is 0 Å². The SMILES string of the molecule is CC(C)c1nc2c(n1CCN(C(C)C)C(C)C)CCNC2. The zero-order valence-corrected chi connectivity index (χ0v) is 14.6. The van der Waals surface area contributed by atoms with E-state index in [1.165, 1.54) is 17.2 Å². The summed E-state index contributed by atoms with van der Waals surface area (Å²) in [5.41, 5.74) is 2.73. The molecule has 0 saturated heterocycles. The van der Waals surface area contributed by atoms with E-state index in [-0.39, 0.29) is 0 Å². The van der Waals surface area contributed by atoms with E-state index in [0.717, 1.165) is 32.6 Å². The van der Waals surface area contributed by atoms with Gasteiger partial charge in [0.1, 0.15) is 5.82 Å². The maximum atomic E-state index is 4.90. The molecule has 0 amide bonds. The Morgan fingerprint density at radius 1 is 1.14 bits per heavy atom. The summed E-state index contributed by atoms with van der Waals surface area (Å²) in [6.07, 6.45) is 1.11. The van der Waals surface area contributed by atoms with Gasteiger partial charge in [-0.25, -0.2) is 4.98 Å². The molecule has 0 bridgehead atoms. The van der Waals surface area contributed by atoms with Crippen LogP contribution in [0.5, 0.6) is 0 Å². The fourth-order valence-corrected chi connectivity index (χ4v) is 3.41. The van der Waals surface area contributed by atoms with Crippen LogP contribution in [0.25, 0.3) is 0 Å². The first kappa shape index (κ1) is 16.5. The van der Waals surface area contributed by atoms with E-state index >= 15 is 0 Å². The number of imidazole rings is 1. The lowest BCUT2D eigenvalue weighted by molar-refractivity contribution is 0.167. The van der Waals surface area contributed by atoms with Crippen LogP contribution in [0.15, 0.2) is 0 Å². The summed E-state index contributed by atoms with van der Waals surface area (Å²) in [7, 11) is 0. The first-order valence-corrected chi connectivity index (χ1v) is 8.46. The molecule has 0 atom stereocenters. The van der Waals surface area contributed by atoms with Crippen molar-refractivity contribution in [3.05, 3.63) is 17.2 Å². The molecular formula is C17H32N4. The van der Waals surface area contributed by atoms with Gasteiger partial charge in [-0.1, -0.05) is 13.8 Å². The highest BCUT2D eigenvalue weighted by molar-refractivity contribution is 5.21. The first-order valence-electron chi connectivity index (χ1n) is 8.46. The molecule has 4 nitrogen and oxygen atoms in total. The normalized spacial score (nSPS) is 15.5. The van der Waals surface area contributed by atoms with Crippen LogP contribution in [0.3, 0.4) is 0 Å². The number of hydrogen-bond acceptors (Lipinski definition) is 3. The average molecular weight is 292 g/mol. The molecule has 0 saturated carbocycles. The van der Waals surface area contributed by atoms with E-state index < -0.39 is 0 Å². The molecule has 0 aromatic carbocycles. The quantitative estimate of drug-likeness (QED) is 0.875. The average Bonchev–Trinajstić information content (AvgIpc) is 2.77. The number of nitrogens with zero attached hydrogens (tertiary/aromatic N) is 3. The monoisotopic (exact) mass is 292 g/mol. The zero-order chi connectivity index (χ0) is 15.6. The van der Waals surface area contributed by atoms with Crippen molar-refractivity contribution < 1.29 is 0 Å². The van der Waals surface area contributed by atoms with Crippen molar-refractivity contribution >= 4 is 0 Å². The molecule has 0 aliphatic carbocycles. The van der Waals surface area contributed by atoms with Crippen molar-refractivity contribution in [2.75, 3.05) is 13.1 Å². The summed E-state index contributed by atoms with van der Waals surface area (Å²) < 4.78 is 2.50. The predicted molar refractivity (Wildman–Crippen MR) is 88.7 cm³/mol. The molecule has 2 heterocycles.